The van der Waals surface area contributed by atoms with Crippen LogP contribution in [0.5, 0.6) is 5.75 Å². The van der Waals surface area contributed by atoms with E-state index in [2.05, 4.69) is 32.6 Å². The Morgan fingerprint density at radius 1 is 1.44 bits per heavy atom. The molecule has 1 aliphatic rings. The second kappa shape index (κ2) is 10.7. The molecule has 9 heteroatoms. The number of halogens is 2. The van der Waals surface area contributed by atoms with Crippen molar-refractivity contribution in [1.82, 2.24) is 25.4 Å². The Morgan fingerprint density at radius 2 is 2.26 bits per heavy atom. The van der Waals surface area contributed by atoms with Crippen LogP contribution >= 0.6 is 35.6 Å². The molecule has 0 spiro atoms. The lowest BCUT2D eigenvalue weighted by atomic mass is 10.1. The molecule has 27 heavy (non-hydrogen) atoms. The van der Waals surface area contributed by atoms with Crippen LogP contribution in [-0.4, -0.2) is 46.0 Å². The van der Waals surface area contributed by atoms with Gasteiger partial charge in [0.15, 0.2) is 5.96 Å². The van der Waals surface area contributed by atoms with Gasteiger partial charge in [-0.1, -0.05) is 23.7 Å². The zero-order valence-electron chi connectivity index (χ0n) is 15.6. The zero-order chi connectivity index (χ0) is 18.4. The molecule has 2 atom stereocenters. The molecular formula is C18H26ClIN6O. The molecule has 148 valence electrons. The summed E-state index contributed by atoms with van der Waals surface area (Å²) in [6, 6.07) is 7.76. The van der Waals surface area contributed by atoms with Gasteiger partial charge in [0, 0.05) is 19.0 Å². The van der Waals surface area contributed by atoms with Crippen molar-refractivity contribution in [3.8, 4) is 5.75 Å². The Bertz CT molecular complexity index is 753. The van der Waals surface area contributed by atoms with Crippen molar-refractivity contribution in [2.24, 2.45) is 4.99 Å². The third kappa shape index (κ3) is 6.24. The van der Waals surface area contributed by atoms with Gasteiger partial charge in [-0.3, -0.25) is 0 Å². The van der Waals surface area contributed by atoms with Gasteiger partial charge in [0.1, 0.15) is 24.0 Å². The van der Waals surface area contributed by atoms with E-state index in [4.69, 9.17) is 16.3 Å². The highest BCUT2D eigenvalue weighted by Crippen LogP contribution is 2.24. The summed E-state index contributed by atoms with van der Waals surface area (Å²) < 4.78 is 7.83. The quantitative estimate of drug-likeness (QED) is 0.359. The summed E-state index contributed by atoms with van der Waals surface area (Å²) in [5.74, 6) is 2.52. The molecule has 2 aromatic rings. The van der Waals surface area contributed by atoms with Gasteiger partial charge >= 0.3 is 0 Å². The number of nitrogens with one attached hydrogen (secondary N) is 2. The Hall–Kier alpha value is -1.55. The van der Waals surface area contributed by atoms with E-state index < -0.39 is 0 Å². The lowest BCUT2D eigenvalue weighted by Gasteiger charge is -2.25. The second-order valence-corrected chi connectivity index (χ2v) is 6.72. The molecule has 0 radical (unpaired) electrons. The number of hydrogen-bond acceptors (Lipinski definition) is 4. The van der Waals surface area contributed by atoms with Gasteiger partial charge in [0.05, 0.1) is 18.1 Å². The molecule has 0 amide bonds. The summed E-state index contributed by atoms with van der Waals surface area (Å²) in [4.78, 5) is 8.92. The molecule has 1 aromatic heterocycles. The predicted molar refractivity (Wildman–Crippen MR) is 118 cm³/mol. The first-order valence-electron chi connectivity index (χ1n) is 8.98. The highest BCUT2D eigenvalue weighted by atomic mass is 127. The van der Waals surface area contributed by atoms with Crippen molar-refractivity contribution in [3.63, 3.8) is 0 Å². The first-order valence-corrected chi connectivity index (χ1v) is 9.36. The van der Waals surface area contributed by atoms with Gasteiger partial charge in [0.25, 0.3) is 0 Å². The fourth-order valence-electron chi connectivity index (χ4n) is 2.88. The second-order valence-electron chi connectivity index (χ2n) is 6.32. The smallest absolute Gasteiger partial charge is 0.191 e. The van der Waals surface area contributed by atoms with Gasteiger partial charge in [-0.05, 0) is 32.4 Å². The van der Waals surface area contributed by atoms with Gasteiger partial charge in [-0.25, -0.2) is 14.7 Å². The monoisotopic (exact) mass is 504 g/mol. The molecule has 1 aliphatic heterocycles. The van der Waals surface area contributed by atoms with Crippen LogP contribution in [0.15, 0.2) is 35.6 Å². The highest BCUT2D eigenvalue weighted by molar-refractivity contribution is 14.0. The van der Waals surface area contributed by atoms with Crippen LogP contribution in [0.2, 0.25) is 5.02 Å². The average molecular weight is 505 g/mol. The summed E-state index contributed by atoms with van der Waals surface area (Å²) in [7, 11) is 0. The fourth-order valence-corrected chi connectivity index (χ4v) is 3.06. The van der Waals surface area contributed by atoms with Crippen molar-refractivity contribution in [3.05, 3.63) is 41.4 Å². The number of guanidine groups is 1. The van der Waals surface area contributed by atoms with E-state index in [1.165, 1.54) is 0 Å². The Labute approximate surface area is 182 Å². The topological polar surface area (TPSA) is 76.4 Å². The number of aromatic nitrogens is 3. The van der Waals surface area contributed by atoms with Crippen molar-refractivity contribution in [1.29, 1.82) is 0 Å². The van der Waals surface area contributed by atoms with Gasteiger partial charge in [-0.15, -0.1) is 24.0 Å². The number of para-hydroxylation sites is 1. The van der Waals surface area contributed by atoms with Gasteiger partial charge in [-0.2, -0.15) is 5.10 Å². The lowest BCUT2D eigenvalue weighted by molar-refractivity contribution is 0.230. The molecule has 7 nitrogen and oxygen atoms in total. The highest BCUT2D eigenvalue weighted by Gasteiger charge is 2.20. The van der Waals surface area contributed by atoms with E-state index in [-0.39, 0.29) is 36.1 Å². The van der Waals surface area contributed by atoms with Crippen LogP contribution in [0.25, 0.3) is 0 Å². The average Bonchev–Trinajstić information content (AvgIpc) is 3.10. The van der Waals surface area contributed by atoms with Crippen molar-refractivity contribution in [2.75, 3.05) is 13.1 Å². The van der Waals surface area contributed by atoms with Crippen LogP contribution < -0.4 is 15.4 Å². The maximum Gasteiger partial charge on any atom is 0.191 e. The molecular weight excluding hydrogens is 479 g/mol. The first kappa shape index (κ1) is 21.7. The minimum absolute atomic E-state index is 0. The van der Waals surface area contributed by atoms with E-state index in [0.717, 1.165) is 37.7 Å². The van der Waals surface area contributed by atoms with Gasteiger partial charge < -0.3 is 15.4 Å². The van der Waals surface area contributed by atoms with Crippen LogP contribution in [-0.2, 0) is 13.0 Å². The molecule has 2 unspecified atom stereocenters. The molecule has 1 aromatic carbocycles. The summed E-state index contributed by atoms with van der Waals surface area (Å²) in [5.41, 5.74) is 0. The lowest BCUT2D eigenvalue weighted by Crippen LogP contribution is -2.47. The normalized spacial score (nSPS) is 17.4. The maximum atomic E-state index is 6.14. The summed E-state index contributed by atoms with van der Waals surface area (Å²) in [6.07, 6.45) is 3.46. The predicted octanol–water partition coefficient (Wildman–Crippen LogP) is 2.89. The first-order chi connectivity index (χ1) is 12.7. The van der Waals surface area contributed by atoms with E-state index in [1.54, 1.807) is 6.33 Å². The zero-order valence-corrected chi connectivity index (χ0v) is 18.6. The Morgan fingerprint density at radius 3 is 3.04 bits per heavy atom. The number of fused-ring (bicyclic) bond motifs is 1. The van der Waals surface area contributed by atoms with Crippen LogP contribution in [0.3, 0.4) is 0 Å². The fraction of sp³-hybridized carbons (Fsp3) is 0.500. The third-order valence-electron chi connectivity index (χ3n) is 4.16. The molecule has 0 aliphatic carbocycles. The van der Waals surface area contributed by atoms with Crippen LogP contribution in [0.4, 0.5) is 0 Å². The molecule has 2 heterocycles. The van der Waals surface area contributed by atoms with Crippen molar-refractivity contribution in [2.45, 2.75) is 45.4 Å². The molecule has 0 bridgehead atoms. The number of hydrogen-bond donors (Lipinski definition) is 2. The summed E-state index contributed by atoms with van der Waals surface area (Å²) in [5, 5.41) is 11.6. The number of rotatable bonds is 6. The molecule has 3 rings (SSSR count). The minimum atomic E-state index is -0.0846. The Balaban J connectivity index is 0.00000261. The molecule has 2 N–H and O–H groups in total. The number of aryl methyl sites for hydroxylation is 1. The molecule has 0 fully saturated rings. The SMILES string of the molecule is CCNC(=NCC(C)Oc1ccccc1Cl)NC1CCc2ncnn2C1.I. The standard InChI is InChI=1S/C18H25ClN6O.HI/c1-3-20-18(24-14-8-9-17-22-12-23-25(17)11-14)21-10-13(2)26-16-7-5-4-6-15(16)19;/h4-7,12-14H,3,8-11H2,1-2H3,(H2,20,21,24);1H. The summed E-state index contributed by atoms with van der Waals surface area (Å²) >= 11 is 6.14. The maximum absolute atomic E-state index is 6.14. The summed E-state index contributed by atoms with van der Waals surface area (Å²) in [6.45, 7) is 6.16. The molecule has 0 saturated carbocycles. The number of nitrogens with zero attached hydrogens (tertiary/aromatic N) is 4. The number of ether oxygens (including phenoxy) is 1. The van der Waals surface area contributed by atoms with E-state index >= 15 is 0 Å². The van der Waals surface area contributed by atoms with E-state index in [0.29, 0.717) is 17.3 Å². The third-order valence-corrected chi connectivity index (χ3v) is 4.47. The van der Waals surface area contributed by atoms with Crippen molar-refractivity contribution < 1.29 is 4.74 Å². The molecule has 0 saturated heterocycles. The van der Waals surface area contributed by atoms with E-state index in [9.17, 15) is 0 Å². The largest absolute Gasteiger partial charge is 0.487 e. The number of aliphatic imine (C=N–C) groups is 1. The van der Waals surface area contributed by atoms with E-state index in [1.807, 2.05) is 35.9 Å². The van der Waals surface area contributed by atoms with Crippen molar-refractivity contribution >= 4 is 41.5 Å². The van der Waals surface area contributed by atoms with Crippen LogP contribution in [0, 0.1) is 0 Å². The minimum Gasteiger partial charge on any atom is -0.487 e. The number of benzene rings is 1. The van der Waals surface area contributed by atoms with Gasteiger partial charge in [0.2, 0.25) is 0 Å². The Kier molecular flexibility index (Phi) is 8.62. The van der Waals surface area contributed by atoms with Crippen LogP contribution in [0.1, 0.15) is 26.1 Å².